The molecule has 3 heterocycles. The molecule has 8 nitrogen and oxygen atoms in total. The summed E-state index contributed by atoms with van der Waals surface area (Å²) in [4.78, 5) is 25.0. The maximum atomic E-state index is 11.6. The minimum absolute atomic E-state index is 0.288. The largest absolute Gasteiger partial charge is 0.437 e. The van der Waals surface area contributed by atoms with Crippen LogP contribution in [-0.4, -0.2) is 54.8 Å². The fourth-order valence-corrected chi connectivity index (χ4v) is 4.52. The average molecular weight is 482 g/mol. The molecule has 0 aliphatic carbocycles. The van der Waals surface area contributed by atoms with Crippen LogP contribution in [0.3, 0.4) is 0 Å². The number of nitrogens with one attached hydrogen (secondary N) is 2. The van der Waals surface area contributed by atoms with Crippen LogP contribution >= 0.6 is 11.3 Å². The van der Waals surface area contributed by atoms with Crippen molar-refractivity contribution in [2.75, 3.05) is 41.7 Å². The van der Waals surface area contributed by atoms with E-state index in [0.717, 1.165) is 47.8 Å². The van der Waals surface area contributed by atoms with Crippen LogP contribution in [-0.2, 0) is 4.79 Å². The molecule has 10 heteroatoms. The van der Waals surface area contributed by atoms with Crippen LogP contribution < -0.4 is 20.3 Å². The topological polar surface area (TPSA) is 82.6 Å². The van der Waals surface area contributed by atoms with Crippen molar-refractivity contribution in [3.05, 3.63) is 72.6 Å². The number of aromatic nitrogens is 2. The van der Waals surface area contributed by atoms with Crippen LogP contribution in [0, 0.1) is 0 Å². The highest BCUT2D eigenvalue weighted by Gasteiger charge is 2.15. The lowest BCUT2D eigenvalue weighted by Gasteiger charge is -2.34. The third-order valence-electron chi connectivity index (χ3n) is 5.58. The minimum Gasteiger partial charge on any atom is -0.437 e. The Morgan fingerprint density at radius 2 is 1.86 bits per heavy atom. The van der Waals surface area contributed by atoms with Crippen molar-refractivity contribution in [2.24, 2.45) is 0 Å². The predicted octanol–water partition coefficient (Wildman–Crippen LogP) is 4.56. The highest BCUT2D eigenvalue weighted by atomic mass is 32.1. The number of anilines is 4. The summed E-state index contributed by atoms with van der Waals surface area (Å²) in [6.07, 6.45) is 1.22. The molecule has 0 spiro atoms. The van der Waals surface area contributed by atoms with E-state index in [2.05, 4.69) is 44.2 Å². The molecule has 1 saturated heterocycles. The van der Waals surface area contributed by atoms with Crippen molar-refractivity contribution >= 4 is 58.5 Å². The van der Waals surface area contributed by atoms with E-state index in [-0.39, 0.29) is 5.91 Å². The molecule has 1 fully saturated rings. The monoisotopic (exact) mass is 482 g/mol. The van der Waals surface area contributed by atoms with Gasteiger partial charge in [0.25, 0.3) is 0 Å². The smallest absolute Gasteiger partial charge is 0.247 e. The van der Waals surface area contributed by atoms with Crippen LogP contribution in [0.1, 0.15) is 0 Å². The number of ether oxygens (including phenoxy) is 1. The number of thiophene rings is 1. The molecule has 1 aliphatic heterocycles. The van der Waals surface area contributed by atoms with Gasteiger partial charge in [-0.25, -0.2) is 4.98 Å². The third-order valence-corrected chi connectivity index (χ3v) is 6.47. The molecule has 2 N–H and O–H groups in total. The average Bonchev–Trinajstić information content (AvgIpc) is 3.34. The number of hydrogen-bond acceptors (Lipinski definition) is 8. The van der Waals surface area contributed by atoms with Gasteiger partial charge in [0.05, 0.1) is 5.52 Å². The summed E-state index contributed by atoms with van der Waals surface area (Å²) in [5, 5.41) is 7.97. The lowest BCUT2D eigenvalue weighted by atomic mass is 10.2. The van der Waals surface area contributed by atoms with Gasteiger partial charge in [-0.1, -0.05) is 12.6 Å². The van der Waals surface area contributed by atoms with Crippen molar-refractivity contribution in [1.82, 2.24) is 14.8 Å². The van der Waals surface area contributed by atoms with E-state index < -0.39 is 0 Å². The number of rotatable bonds is 7. The zero-order valence-corrected chi connectivity index (χ0v) is 19.8. The van der Waals surface area contributed by atoms with E-state index >= 15 is 0 Å². The Bertz CT molecular complexity index is 1350. The van der Waals surface area contributed by atoms with Gasteiger partial charge in [0, 0.05) is 49.3 Å². The van der Waals surface area contributed by atoms with Crippen molar-refractivity contribution < 1.29 is 9.53 Å². The Hall–Kier alpha value is -3.89. The fraction of sp³-hybridized carbons (Fsp3) is 0.160. The zero-order chi connectivity index (χ0) is 24.2. The molecule has 0 saturated carbocycles. The van der Waals surface area contributed by atoms with Gasteiger partial charge in [-0.3, -0.25) is 4.79 Å². The highest BCUT2D eigenvalue weighted by Crippen LogP contribution is 2.34. The third kappa shape index (κ3) is 5.45. The van der Waals surface area contributed by atoms with Gasteiger partial charge in [0.1, 0.15) is 10.4 Å². The molecule has 35 heavy (non-hydrogen) atoms. The molecular formula is C25H23BN6O2S. The van der Waals surface area contributed by atoms with Gasteiger partial charge in [-0.2, -0.15) is 4.98 Å². The standard InChI is InChI=1S/C25H23BN6O2S/c1-2-22(33)27-18-4-3-5-20(16-18)34-24-23-21(10-15-35-23)29-25(30-24)28-17-6-8-19(9-7-17)31-11-13-32(26)14-12-31/h2-10,15-16H,1,11-14H2,(H,27,33)(H,28,29,30). The fourth-order valence-electron chi connectivity index (χ4n) is 3.77. The van der Waals surface area contributed by atoms with Crippen LogP contribution in [0.25, 0.3) is 10.2 Å². The second-order valence-electron chi connectivity index (χ2n) is 8.01. The Morgan fingerprint density at radius 3 is 2.63 bits per heavy atom. The molecule has 5 rings (SSSR count). The van der Waals surface area contributed by atoms with E-state index in [1.54, 1.807) is 24.3 Å². The number of hydrogen-bond donors (Lipinski definition) is 2. The van der Waals surface area contributed by atoms with E-state index in [0.29, 0.717) is 23.3 Å². The number of nitrogens with zero attached hydrogens (tertiary/aromatic N) is 4. The molecule has 2 aromatic carbocycles. The summed E-state index contributed by atoms with van der Waals surface area (Å²) in [5.74, 6) is 1.14. The first-order chi connectivity index (χ1) is 17.1. The number of piperazine rings is 1. The molecule has 0 atom stereocenters. The van der Waals surface area contributed by atoms with Gasteiger partial charge in [-0.05, 0) is 53.9 Å². The summed E-state index contributed by atoms with van der Waals surface area (Å²) in [6, 6.07) is 17.2. The molecule has 2 aromatic heterocycles. The van der Waals surface area contributed by atoms with Crippen LogP contribution in [0.4, 0.5) is 23.0 Å². The Morgan fingerprint density at radius 1 is 1.06 bits per heavy atom. The Balaban J connectivity index is 1.35. The van der Waals surface area contributed by atoms with Crippen molar-refractivity contribution in [2.45, 2.75) is 0 Å². The Kier molecular flexibility index (Phi) is 6.65. The molecule has 2 radical (unpaired) electrons. The number of benzene rings is 2. The molecular weight excluding hydrogens is 459 g/mol. The minimum atomic E-state index is -0.288. The van der Waals surface area contributed by atoms with Crippen LogP contribution in [0.5, 0.6) is 11.6 Å². The van der Waals surface area contributed by atoms with Crippen molar-refractivity contribution in [3.8, 4) is 11.6 Å². The SMILES string of the molecule is [B]N1CCN(c2ccc(Nc3nc(Oc4cccc(NC(=O)C=C)c4)c4sccc4n3)cc2)CC1. The molecule has 1 amide bonds. The lowest BCUT2D eigenvalue weighted by Crippen LogP contribution is -2.45. The molecule has 0 unspecified atom stereocenters. The van der Waals surface area contributed by atoms with Crippen molar-refractivity contribution in [3.63, 3.8) is 0 Å². The zero-order valence-electron chi connectivity index (χ0n) is 19.0. The summed E-state index contributed by atoms with van der Waals surface area (Å²) >= 11 is 1.51. The number of carbonyl (C=O) groups is 1. The van der Waals surface area contributed by atoms with E-state index in [9.17, 15) is 4.79 Å². The maximum Gasteiger partial charge on any atom is 0.247 e. The van der Waals surface area contributed by atoms with Crippen LogP contribution in [0.2, 0.25) is 0 Å². The van der Waals surface area contributed by atoms with Gasteiger partial charge in [-0.15, -0.1) is 11.3 Å². The van der Waals surface area contributed by atoms with Gasteiger partial charge in [0.2, 0.25) is 17.7 Å². The predicted molar refractivity (Wildman–Crippen MR) is 142 cm³/mol. The first-order valence-corrected chi connectivity index (χ1v) is 12.0. The lowest BCUT2D eigenvalue weighted by molar-refractivity contribution is -0.111. The number of fused-ring (bicyclic) bond motifs is 1. The molecule has 4 aromatic rings. The van der Waals surface area contributed by atoms with Gasteiger partial charge >= 0.3 is 0 Å². The van der Waals surface area contributed by atoms with Gasteiger partial charge < -0.3 is 25.1 Å². The van der Waals surface area contributed by atoms with Crippen LogP contribution in [0.15, 0.2) is 72.6 Å². The van der Waals surface area contributed by atoms with E-state index in [1.165, 1.54) is 17.4 Å². The summed E-state index contributed by atoms with van der Waals surface area (Å²) in [5.41, 5.74) is 3.43. The normalized spacial score (nSPS) is 14.0. The molecule has 0 bridgehead atoms. The first-order valence-electron chi connectivity index (χ1n) is 11.2. The summed E-state index contributed by atoms with van der Waals surface area (Å²) in [7, 11) is 5.86. The Labute approximate surface area is 208 Å². The maximum absolute atomic E-state index is 11.6. The second-order valence-corrected chi connectivity index (χ2v) is 8.92. The first kappa shape index (κ1) is 22.9. The molecule has 1 aliphatic rings. The molecule has 174 valence electrons. The summed E-state index contributed by atoms with van der Waals surface area (Å²) < 4.78 is 6.95. The quantitative estimate of drug-likeness (QED) is 0.295. The highest BCUT2D eigenvalue weighted by molar-refractivity contribution is 7.17. The second kappa shape index (κ2) is 10.2. The summed E-state index contributed by atoms with van der Waals surface area (Å²) in [6.45, 7) is 6.98. The van der Waals surface area contributed by atoms with E-state index in [1.807, 2.05) is 28.4 Å². The number of carbonyl (C=O) groups excluding carboxylic acids is 1. The van der Waals surface area contributed by atoms with Gasteiger partial charge in [0.15, 0.2) is 7.98 Å². The van der Waals surface area contributed by atoms with Crippen molar-refractivity contribution in [1.29, 1.82) is 0 Å². The number of amides is 1. The van der Waals surface area contributed by atoms with E-state index in [4.69, 9.17) is 12.7 Å².